The molecule has 0 rings (SSSR count). The van der Waals surface area contributed by atoms with Crippen molar-refractivity contribution in [3.8, 4) is 0 Å². The maximum Gasteiger partial charge on any atom is 0.306 e. The van der Waals surface area contributed by atoms with Gasteiger partial charge in [0.1, 0.15) is 0 Å². The first-order valence-corrected chi connectivity index (χ1v) is 6.21. The van der Waals surface area contributed by atoms with Crippen molar-refractivity contribution in [2.24, 2.45) is 17.8 Å². The molecule has 3 atom stereocenters. The fourth-order valence-corrected chi connectivity index (χ4v) is 1.89. The summed E-state index contributed by atoms with van der Waals surface area (Å²) in [6.45, 7) is 8.43. The summed E-state index contributed by atoms with van der Waals surface area (Å²) in [5.41, 5.74) is 0. The molecule has 15 heavy (non-hydrogen) atoms. The van der Waals surface area contributed by atoms with Gasteiger partial charge in [-0.25, -0.2) is 0 Å². The molecule has 0 aromatic heterocycles. The van der Waals surface area contributed by atoms with Crippen LogP contribution in [-0.2, 0) is 4.79 Å². The van der Waals surface area contributed by atoms with Gasteiger partial charge in [0, 0.05) is 0 Å². The van der Waals surface area contributed by atoms with Crippen LogP contribution in [0.2, 0.25) is 0 Å². The zero-order chi connectivity index (χ0) is 11.8. The smallest absolute Gasteiger partial charge is 0.306 e. The first-order chi connectivity index (χ1) is 6.99. The molecule has 0 heterocycles. The van der Waals surface area contributed by atoms with Crippen molar-refractivity contribution >= 4 is 5.97 Å². The Labute approximate surface area is 94.1 Å². The van der Waals surface area contributed by atoms with Crippen LogP contribution in [-0.4, -0.2) is 11.1 Å². The minimum absolute atomic E-state index is 0.200. The van der Waals surface area contributed by atoms with E-state index in [9.17, 15) is 4.79 Å². The summed E-state index contributed by atoms with van der Waals surface area (Å²) in [4.78, 5) is 10.7. The lowest BCUT2D eigenvalue weighted by Crippen LogP contribution is -2.17. The third-order valence-corrected chi connectivity index (χ3v) is 3.38. The number of hydrogen-bond acceptors (Lipinski definition) is 1. The summed E-state index contributed by atoms with van der Waals surface area (Å²) in [7, 11) is 0. The van der Waals surface area contributed by atoms with Crippen LogP contribution in [0.1, 0.15) is 59.8 Å². The summed E-state index contributed by atoms with van der Waals surface area (Å²) in [5, 5.41) is 8.83. The highest BCUT2D eigenvalue weighted by Crippen LogP contribution is 2.24. The third-order valence-electron chi connectivity index (χ3n) is 3.38. The van der Waals surface area contributed by atoms with E-state index in [1.807, 2.05) is 0 Å². The van der Waals surface area contributed by atoms with Gasteiger partial charge in [0.2, 0.25) is 0 Å². The number of carboxylic acid groups (broad SMARTS) is 1. The van der Waals surface area contributed by atoms with Crippen molar-refractivity contribution in [1.82, 2.24) is 0 Å². The summed E-state index contributed by atoms with van der Waals surface area (Å²) in [6.07, 6.45) is 5.88. The molecule has 3 unspecified atom stereocenters. The number of hydrogen-bond donors (Lipinski definition) is 1. The lowest BCUT2D eigenvalue weighted by Gasteiger charge is -2.21. The van der Waals surface area contributed by atoms with Gasteiger partial charge in [-0.2, -0.15) is 0 Å². The van der Waals surface area contributed by atoms with E-state index in [-0.39, 0.29) is 5.92 Å². The largest absolute Gasteiger partial charge is 0.481 e. The normalized spacial score (nSPS) is 17.1. The Kier molecular flexibility index (Phi) is 7.45. The summed E-state index contributed by atoms with van der Waals surface area (Å²) < 4.78 is 0. The highest BCUT2D eigenvalue weighted by molar-refractivity contribution is 5.69. The highest BCUT2D eigenvalue weighted by Gasteiger charge is 2.19. The van der Waals surface area contributed by atoms with Crippen LogP contribution in [0.5, 0.6) is 0 Å². The Hall–Kier alpha value is -0.530. The van der Waals surface area contributed by atoms with E-state index in [0.717, 1.165) is 6.42 Å². The standard InChI is InChI=1S/C13H26O2/c1-5-6-7-8-10(2)11(3)9-12(4)13(14)15/h10-12H,5-9H2,1-4H3,(H,14,15). The first-order valence-electron chi connectivity index (χ1n) is 6.21. The van der Waals surface area contributed by atoms with E-state index in [2.05, 4.69) is 20.8 Å². The predicted molar refractivity (Wildman–Crippen MR) is 63.9 cm³/mol. The van der Waals surface area contributed by atoms with Crippen molar-refractivity contribution in [2.75, 3.05) is 0 Å². The molecule has 0 aromatic carbocycles. The Morgan fingerprint density at radius 2 is 1.73 bits per heavy atom. The van der Waals surface area contributed by atoms with Gasteiger partial charge in [-0.05, 0) is 18.3 Å². The van der Waals surface area contributed by atoms with Gasteiger partial charge in [-0.15, -0.1) is 0 Å². The van der Waals surface area contributed by atoms with Crippen LogP contribution >= 0.6 is 0 Å². The fourth-order valence-electron chi connectivity index (χ4n) is 1.89. The fraction of sp³-hybridized carbons (Fsp3) is 0.923. The Morgan fingerprint density at radius 3 is 2.20 bits per heavy atom. The maximum atomic E-state index is 10.7. The molecule has 0 amide bonds. The van der Waals surface area contributed by atoms with Gasteiger partial charge in [-0.1, -0.05) is 53.4 Å². The molecule has 0 aliphatic heterocycles. The third kappa shape index (κ3) is 6.53. The van der Waals surface area contributed by atoms with Crippen molar-refractivity contribution in [3.63, 3.8) is 0 Å². The monoisotopic (exact) mass is 214 g/mol. The van der Waals surface area contributed by atoms with Crippen molar-refractivity contribution in [2.45, 2.75) is 59.8 Å². The number of unbranched alkanes of at least 4 members (excludes halogenated alkanes) is 2. The molecule has 0 aromatic rings. The molecule has 0 fully saturated rings. The second-order valence-electron chi connectivity index (χ2n) is 4.93. The van der Waals surface area contributed by atoms with E-state index in [4.69, 9.17) is 5.11 Å². The van der Waals surface area contributed by atoms with Gasteiger partial charge in [0.05, 0.1) is 5.92 Å². The number of carbonyl (C=O) groups is 1. The molecule has 0 aliphatic rings. The van der Waals surface area contributed by atoms with Crippen molar-refractivity contribution in [1.29, 1.82) is 0 Å². The molecule has 0 saturated carbocycles. The molecule has 0 radical (unpaired) electrons. The topological polar surface area (TPSA) is 37.3 Å². The Morgan fingerprint density at radius 1 is 1.13 bits per heavy atom. The quantitative estimate of drug-likeness (QED) is 0.621. The number of aliphatic carboxylic acids is 1. The van der Waals surface area contributed by atoms with E-state index in [0.29, 0.717) is 11.8 Å². The minimum atomic E-state index is -0.664. The van der Waals surface area contributed by atoms with Crippen LogP contribution in [0, 0.1) is 17.8 Å². The molecule has 2 heteroatoms. The summed E-state index contributed by atoms with van der Waals surface area (Å²) >= 11 is 0. The molecule has 1 N–H and O–H groups in total. The summed E-state index contributed by atoms with van der Waals surface area (Å²) in [5.74, 6) is 0.308. The zero-order valence-electron chi connectivity index (χ0n) is 10.6. The highest BCUT2D eigenvalue weighted by atomic mass is 16.4. The van der Waals surface area contributed by atoms with Gasteiger partial charge in [0.25, 0.3) is 0 Å². The van der Waals surface area contributed by atoms with Gasteiger partial charge >= 0.3 is 5.97 Å². The van der Waals surface area contributed by atoms with Crippen molar-refractivity contribution in [3.05, 3.63) is 0 Å². The van der Waals surface area contributed by atoms with Crippen LogP contribution in [0.15, 0.2) is 0 Å². The lowest BCUT2D eigenvalue weighted by atomic mass is 9.84. The Balaban J connectivity index is 3.77. The Bertz CT molecular complexity index is 177. The molecule has 90 valence electrons. The maximum absolute atomic E-state index is 10.7. The predicted octanol–water partition coefficient (Wildman–Crippen LogP) is 3.95. The molecule has 2 nitrogen and oxygen atoms in total. The molecule has 0 saturated heterocycles. The second-order valence-corrected chi connectivity index (χ2v) is 4.93. The average Bonchev–Trinajstić information content (AvgIpc) is 2.17. The van der Waals surface area contributed by atoms with Crippen LogP contribution < -0.4 is 0 Å². The van der Waals surface area contributed by atoms with Gasteiger partial charge in [0.15, 0.2) is 0 Å². The van der Waals surface area contributed by atoms with Crippen LogP contribution in [0.25, 0.3) is 0 Å². The first kappa shape index (κ1) is 14.5. The molecular formula is C13H26O2. The number of carboxylic acids is 1. The number of rotatable bonds is 8. The van der Waals surface area contributed by atoms with E-state index in [1.165, 1.54) is 25.7 Å². The van der Waals surface area contributed by atoms with E-state index < -0.39 is 5.97 Å². The van der Waals surface area contributed by atoms with E-state index >= 15 is 0 Å². The second kappa shape index (κ2) is 7.72. The molecule has 0 spiro atoms. The molecule has 0 aliphatic carbocycles. The minimum Gasteiger partial charge on any atom is -0.481 e. The van der Waals surface area contributed by atoms with Gasteiger partial charge in [-0.3, -0.25) is 4.79 Å². The molecular weight excluding hydrogens is 188 g/mol. The van der Waals surface area contributed by atoms with Crippen LogP contribution in [0.4, 0.5) is 0 Å². The summed E-state index contributed by atoms with van der Waals surface area (Å²) in [6, 6.07) is 0. The lowest BCUT2D eigenvalue weighted by molar-refractivity contribution is -0.141. The van der Waals surface area contributed by atoms with E-state index in [1.54, 1.807) is 6.92 Å². The average molecular weight is 214 g/mol. The van der Waals surface area contributed by atoms with Crippen molar-refractivity contribution < 1.29 is 9.90 Å². The molecule has 0 bridgehead atoms. The zero-order valence-corrected chi connectivity index (χ0v) is 10.6. The van der Waals surface area contributed by atoms with Gasteiger partial charge < -0.3 is 5.11 Å². The van der Waals surface area contributed by atoms with Crippen LogP contribution in [0.3, 0.4) is 0 Å². The SMILES string of the molecule is CCCCCC(C)C(C)CC(C)C(=O)O.